The van der Waals surface area contributed by atoms with E-state index in [0.717, 1.165) is 37.8 Å². The third kappa shape index (κ3) is 4.46. The number of ketones is 1. The van der Waals surface area contributed by atoms with Crippen molar-refractivity contribution in [3.8, 4) is 0 Å². The van der Waals surface area contributed by atoms with Crippen molar-refractivity contribution in [2.45, 2.75) is 51.6 Å². The number of carbonyl (C=O) groups is 2. The average Bonchev–Trinajstić information content (AvgIpc) is 3.43. The number of nitrogens with one attached hydrogen (secondary N) is 1. The second kappa shape index (κ2) is 7.65. The maximum atomic E-state index is 13.3. The van der Waals surface area contributed by atoms with Gasteiger partial charge in [-0.2, -0.15) is 0 Å². The summed E-state index contributed by atoms with van der Waals surface area (Å²) in [5.41, 5.74) is 0.799. The molecule has 25 heavy (non-hydrogen) atoms. The second-order valence-electron chi connectivity index (χ2n) is 7.64. The van der Waals surface area contributed by atoms with Crippen LogP contribution in [-0.4, -0.2) is 35.7 Å². The largest absolute Gasteiger partial charge is 0.349 e. The molecule has 2 aliphatic rings. The van der Waals surface area contributed by atoms with Gasteiger partial charge in [0.15, 0.2) is 5.78 Å². The van der Waals surface area contributed by atoms with Crippen LogP contribution in [0.2, 0.25) is 0 Å². The van der Waals surface area contributed by atoms with Crippen LogP contribution in [0.5, 0.6) is 0 Å². The Hall–Kier alpha value is -1.75. The van der Waals surface area contributed by atoms with E-state index in [1.807, 2.05) is 0 Å². The maximum absolute atomic E-state index is 13.3. The summed E-state index contributed by atoms with van der Waals surface area (Å²) in [4.78, 5) is 27.1. The summed E-state index contributed by atoms with van der Waals surface area (Å²) in [6.07, 6.45) is 4.03. The van der Waals surface area contributed by atoms with Crippen LogP contribution in [0.3, 0.4) is 0 Å². The normalized spacial score (nSPS) is 25.4. The Morgan fingerprint density at radius 3 is 2.48 bits per heavy atom. The molecule has 2 fully saturated rings. The van der Waals surface area contributed by atoms with Gasteiger partial charge in [0.25, 0.3) is 0 Å². The van der Waals surface area contributed by atoms with Crippen LogP contribution in [0.1, 0.15) is 51.1 Å². The summed E-state index contributed by atoms with van der Waals surface area (Å²) >= 11 is 0. The van der Waals surface area contributed by atoms with E-state index in [-0.39, 0.29) is 36.0 Å². The predicted octanol–water partition coefficient (Wildman–Crippen LogP) is 3.08. The van der Waals surface area contributed by atoms with Crippen molar-refractivity contribution < 1.29 is 14.0 Å². The van der Waals surface area contributed by atoms with Crippen LogP contribution in [0, 0.1) is 17.7 Å². The standard InChI is InChI=1S/C20H27FN2O2/c1-13-3-4-14(2)23(12-13)19(15-7-9-17(21)10-8-15)18(24)11-22-20(25)16-5-6-16/h7-10,13-14,16,19H,3-6,11-12H2,1-2H3,(H,22,25)/t13-,14-,19?/m1/s1. The first kappa shape index (κ1) is 18.1. The van der Waals surface area contributed by atoms with E-state index in [0.29, 0.717) is 5.92 Å². The van der Waals surface area contributed by atoms with E-state index in [1.165, 1.54) is 12.1 Å². The predicted molar refractivity (Wildman–Crippen MR) is 94.4 cm³/mol. The van der Waals surface area contributed by atoms with Gasteiger partial charge in [-0.05, 0) is 56.2 Å². The van der Waals surface area contributed by atoms with Crippen LogP contribution in [0.4, 0.5) is 4.39 Å². The van der Waals surface area contributed by atoms with Gasteiger partial charge in [-0.25, -0.2) is 4.39 Å². The fourth-order valence-corrected chi connectivity index (χ4v) is 3.65. The zero-order chi connectivity index (χ0) is 18.0. The molecule has 1 aromatic carbocycles. The molecule has 1 saturated carbocycles. The zero-order valence-corrected chi connectivity index (χ0v) is 15.0. The van der Waals surface area contributed by atoms with Gasteiger partial charge in [-0.3, -0.25) is 14.5 Å². The number of nitrogens with zero attached hydrogens (tertiary/aromatic N) is 1. The van der Waals surface area contributed by atoms with E-state index >= 15 is 0 Å². The number of Topliss-reactive ketones (excluding diaryl/α,β-unsaturated/α-hetero) is 1. The van der Waals surface area contributed by atoms with Crippen LogP contribution < -0.4 is 5.32 Å². The Morgan fingerprint density at radius 1 is 1.16 bits per heavy atom. The molecule has 1 aliphatic carbocycles. The number of rotatable bonds is 6. The van der Waals surface area contributed by atoms with Crippen molar-refractivity contribution in [3.63, 3.8) is 0 Å². The number of piperidine rings is 1. The summed E-state index contributed by atoms with van der Waals surface area (Å²) in [6, 6.07) is 6.03. The van der Waals surface area contributed by atoms with Crippen molar-refractivity contribution in [1.29, 1.82) is 0 Å². The van der Waals surface area contributed by atoms with Gasteiger partial charge in [-0.1, -0.05) is 19.1 Å². The molecule has 3 rings (SSSR count). The lowest BCUT2D eigenvalue weighted by molar-refractivity contribution is -0.129. The Kier molecular flexibility index (Phi) is 5.52. The van der Waals surface area contributed by atoms with Crippen LogP contribution >= 0.6 is 0 Å². The van der Waals surface area contributed by atoms with Crippen molar-refractivity contribution >= 4 is 11.7 Å². The lowest BCUT2D eigenvalue weighted by Crippen LogP contribution is -2.48. The van der Waals surface area contributed by atoms with E-state index < -0.39 is 6.04 Å². The fourth-order valence-electron chi connectivity index (χ4n) is 3.65. The highest BCUT2D eigenvalue weighted by Gasteiger charge is 2.35. The Labute approximate surface area is 148 Å². The van der Waals surface area contributed by atoms with Crippen LogP contribution in [0.15, 0.2) is 24.3 Å². The van der Waals surface area contributed by atoms with E-state index in [2.05, 4.69) is 24.1 Å². The van der Waals surface area contributed by atoms with E-state index in [4.69, 9.17) is 0 Å². The van der Waals surface area contributed by atoms with Crippen molar-refractivity contribution in [2.24, 2.45) is 11.8 Å². The molecule has 1 unspecified atom stereocenters. The molecule has 3 atom stereocenters. The lowest BCUT2D eigenvalue weighted by atomic mass is 9.90. The summed E-state index contributed by atoms with van der Waals surface area (Å²) < 4.78 is 13.3. The van der Waals surface area contributed by atoms with Gasteiger partial charge in [0, 0.05) is 18.5 Å². The molecular formula is C20H27FN2O2. The molecule has 4 nitrogen and oxygen atoms in total. The minimum atomic E-state index is -0.433. The molecule has 0 spiro atoms. The molecule has 1 aromatic rings. The quantitative estimate of drug-likeness (QED) is 0.861. The van der Waals surface area contributed by atoms with Gasteiger partial charge < -0.3 is 5.32 Å². The second-order valence-corrected chi connectivity index (χ2v) is 7.64. The van der Waals surface area contributed by atoms with Crippen LogP contribution in [-0.2, 0) is 9.59 Å². The number of hydrogen-bond donors (Lipinski definition) is 1. The average molecular weight is 346 g/mol. The highest BCUT2D eigenvalue weighted by atomic mass is 19.1. The first-order valence-electron chi connectivity index (χ1n) is 9.27. The monoisotopic (exact) mass is 346 g/mol. The summed E-state index contributed by atoms with van der Waals surface area (Å²) in [5, 5.41) is 2.78. The molecule has 5 heteroatoms. The number of likely N-dealkylation sites (tertiary alicyclic amines) is 1. The molecule has 1 aliphatic heterocycles. The molecule has 1 N–H and O–H groups in total. The molecule has 136 valence electrons. The summed E-state index contributed by atoms with van der Waals surface area (Å²) in [6.45, 7) is 5.21. The third-order valence-corrected chi connectivity index (χ3v) is 5.37. The molecule has 0 radical (unpaired) electrons. The first-order valence-corrected chi connectivity index (χ1v) is 9.27. The Bertz CT molecular complexity index is 627. The van der Waals surface area contributed by atoms with Gasteiger partial charge >= 0.3 is 0 Å². The first-order chi connectivity index (χ1) is 12.0. The molecule has 0 aromatic heterocycles. The molecule has 1 amide bonds. The third-order valence-electron chi connectivity index (χ3n) is 5.37. The lowest BCUT2D eigenvalue weighted by Gasteiger charge is -2.41. The zero-order valence-electron chi connectivity index (χ0n) is 15.0. The van der Waals surface area contributed by atoms with Crippen molar-refractivity contribution in [2.75, 3.05) is 13.1 Å². The molecular weight excluding hydrogens is 319 g/mol. The van der Waals surface area contributed by atoms with E-state index in [9.17, 15) is 14.0 Å². The Balaban J connectivity index is 1.78. The highest BCUT2D eigenvalue weighted by molar-refractivity contribution is 5.91. The molecule has 1 heterocycles. The summed E-state index contributed by atoms with van der Waals surface area (Å²) in [5.74, 6) is 0.254. The number of hydrogen-bond acceptors (Lipinski definition) is 3. The summed E-state index contributed by atoms with van der Waals surface area (Å²) in [7, 11) is 0. The van der Waals surface area contributed by atoms with Crippen LogP contribution in [0.25, 0.3) is 0 Å². The number of carbonyl (C=O) groups excluding carboxylic acids is 2. The molecule has 0 bridgehead atoms. The number of amides is 1. The van der Waals surface area contributed by atoms with Crippen molar-refractivity contribution in [1.82, 2.24) is 10.2 Å². The Morgan fingerprint density at radius 2 is 1.84 bits per heavy atom. The van der Waals surface area contributed by atoms with Gasteiger partial charge in [-0.15, -0.1) is 0 Å². The maximum Gasteiger partial charge on any atom is 0.223 e. The minimum absolute atomic E-state index is 0.0220. The fraction of sp³-hybridized carbons (Fsp3) is 0.600. The van der Waals surface area contributed by atoms with Crippen molar-refractivity contribution in [3.05, 3.63) is 35.6 Å². The molecule has 1 saturated heterocycles. The number of benzene rings is 1. The SMILES string of the molecule is C[C@@H]1CC[C@@H](C)N(C(C(=O)CNC(=O)C2CC2)c2ccc(F)cc2)C1. The topological polar surface area (TPSA) is 49.4 Å². The van der Waals surface area contributed by atoms with Gasteiger partial charge in [0.05, 0.1) is 12.6 Å². The highest BCUT2D eigenvalue weighted by Crippen LogP contribution is 2.32. The minimum Gasteiger partial charge on any atom is -0.349 e. The van der Waals surface area contributed by atoms with E-state index in [1.54, 1.807) is 12.1 Å². The van der Waals surface area contributed by atoms with Gasteiger partial charge in [0.1, 0.15) is 5.82 Å². The smallest absolute Gasteiger partial charge is 0.223 e. The van der Waals surface area contributed by atoms with Gasteiger partial charge in [0.2, 0.25) is 5.91 Å². The number of halogens is 1.